The van der Waals surface area contributed by atoms with Gasteiger partial charge in [-0.3, -0.25) is 5.10 Å². The molecule has 1 aromatic carbocycles. The number of aromatic amines is 1. The van der Waals surface area contributed by atoms with Crippen LogP contribution in [-0.2, 0) is 4.79 Å². The van der Waals surface area contributed by atoms with Gasteiger partial charge in [0.15, 0.2) is 5.82 Å². The molecule has 2 N–H and O–H groups in total. The predicted molar refractivity (Wildman–Crippen MR) is 101 cm³/mol. The number of ether oxygens (including phenoxy) is 2. The van der Waals surface area contributed by atoms with Crippen molar-refractivity contribution in [2.45, 2.75) is 5.16 Å². The van der Waals surface area contributed by atoms with Crippen LogP contribution in [0, 0.1) is 0 Å². The van der Waals surface area contributed by atoms with Crippen molar-refractivity contribution < 1.29 is 19.4 Å². The van der Waals surface area contributed by atoms with Crippen molar-refractivity contribution >= 4 is 35.1 Å². The molecule has 7 nitrogen and oxygen atoms in total. The zero-order chi connectivity index (χ0) is 18.5. The molecule has 0 atom stereocenters. The molecular formula is C17H15N3O4S2. The highest BCUT2D eigenvalue weighted by molar-refractivity contribution is 8.04. The fourth-order valence-electron chi connectivity index (χ4n) is 2.10. The molecule has 0 aliphatic carbocycles. The molecule has 0 unspecified atom stereocenters. The zero-order valence-corrected chi connectivity index (χ0v) is 15.6. The first-order valence-electron chi connectivity index (χ1n) is 7.41. The number of nitrogens with zero attached hydrogens (tertiary/aromatic N) is 2. The van der Waals surface area contributed by atoms with Crippen LogP contribution >= 0.6 is 23.1 Å². The van der Waals surface area contributed by atoms with Gasteiger partial charge in [-0.2, -0.15) is 0 Å². The van der Waals surface area contributed by atoms with Gasteiger partial charge in [0, 0.05) is 16.5 Å². The van der Waals surface area contributed by atoms with Crippen molar-refractivity contribution in [3.05, 3.63) is 45.5 Å². The van der Waals surface area contributed by atoms with Crippen molar-refractivity contribution in [1.29, 1.82) is 0 Å². The summed E-state index contributed by atoms with van der Waals surface area (Å²) < 4.78 is 10.5. The van der Waals surface area contributed by atoms with Crippen molar-refractivity contribution in [2.75, 3.05) is 14.2 Å². The van der Waals surface area contributed by atoms with Gasteiger partial charge in [-0.05, 0) is 41.4 Å². The Kier molecular flexibility index (Phi) is 5.59. The molecule has 3 aromatic rings. The van der Waals surface area contributed by atoms with Gasteiger partial charge in [-0.25, -0.2) is 9.78 Å². The number of nitrogens with one attached hydrogen (secondary N) is 1. The van der Waals surface area contributed by atoms with E-state index in [2.05, 4.69) is 15.2 Å². The molecule has 2 aromatic heterocycles. The second-order valence-corrected chi connectivity index (χ2v) is 6.99. The fourth-order valence-corrected chi connectivity index (χ4v) is 3.53. The van der Waals surface area contributed by atoms with Gasteiger partial charge >= 0.3 is 5.97 Å². The first-order chi connectivity index (χ1) is 12.6. The number of thiophene rings is 1. The molecule has 0 fully saturated rings. The number of aliphatic carboxylic acids is 1. The van der Waals surface area contributed by atoms with Crippen LogP contribution in [0.3, 0.4) is 0 Å². The Labute approximate surface area is 157 Å². The van der Waals surface area contributed by atoms with Gasteiger partial charge in [-0.15, -0.1) is 16.4 Å². The van der Waals surface area contributed by atoms with E-state index in [1.54, 1.807) is 38.5 Å². The third-order valence-electron chi connectivity index (χ3n) is 3.32. The van der Waals surface area contributed by atoms with Gasteiger partial charge in [0.25, 0.3) is 0 Å². The number of benzene rings is 1. The molecular weight excluding hydrogens is 374 g/mol. The number of carboxylic acid groups (broad SMARTS) is 1. The maximum Gasteiger partial charge on any atom is 0.342 e. The van der Waals surface area contributed by atoms with Crippen LogP contribution < -0.4 is 9.47 Å². The molecule has 0 aliphatic heterocycles. The fraction of sp³-hybridized carbons (Fsp3) is 0.118. The second kappa shape index (κ2) is 8.07. The highest BCUT2D eigenvalue weighted by atomic mass is 32.2. The molecule has 0 saturated carbocycles. The van der Waals surface area contributed by atoms with Crippen LogP contribution in [0.2, 0.25) is 0 Å². The largest absolute Gasteiger partial charge is 0.497 e. The van der Waals surface area contributed by atoms with E-state index in [0.717, 1.165) is 22.2 Å². The lowest BCUT2D eigenvalue weighted by molar-refractivity contribution is -0.131. The maximum atomic E-state index is 11.5. The monoisotopic (exact) mass is 389 g/mol. The average molecular weight is 389 g/mol. The number of aromatic nitrogens is 3. The van der Waals surface area contributed by atoms with Crippen LogP contribution in [0.15, 0.2) is 45.8 Å². The Morgan fingerprint density at radius 2 is 2.00 bits per heavy atom. The number of hydrogen-bond donors (Lipinski definition) is 2. The number of hydrogen-bond acceptors (Lipinski definition) is 7. The van der Waals surface area contributed by atoms with Crippen molar-refractivity contribution in [3.8, 4) is 22.9 Å². The number of thioether (sulfide) groups is 1. The second-order valence-electron chi connectivity index (χ2n) is 5.00. The summed E-state index contributed by atoms with van der Waals surface area (Å²) in [4.78, 5) is 16.8. The Morgan fingerprint density at radius 3 is 2.58 bits per heavy atom. The van der Waals surface area contributed by atoms with Crippen molar-refractivity contribution in [3.63, 3.8) is 0 Å². The van der Waals surface area contributed by atoms with Gasteiger partial charge in [0.2, 0.25) is 5.16 Å². The molecule has 0 bridgehead atoms. The summed E-state index contributed by atoms with van der Waals surface area (Å²) in [6, 6.07) is 9.04. The van der Waals surface area contributed by atoms with E-state index < -0.39 is 5.97 Å². The lowest BCUT2D eigenvalue weighted by Crippen LogP contribution is -1.96. The molecule has 0 saturated heterocycles. The topological polar surface area (TPSA) is 97.3 Å². The molecule has 3 rings (SSSR count). The predicted octanol–water partition coefficient (Wildman–Crippen LogP) is 3.77. The maximum absolute atomic E-state index is 11.5. The van der Waals surface area contributed by atoms with Gasteiger partial charge in [0.05, 0.1) is 14.2 Å². The Bertz CT molecular complexity index is 913. The van der Waals surface area contributed by atoms with E-state index in [-0.39, 0.29) is 4.91 Å². The lowest BCUT2D eigenvalue weighted by atomic mass is 10.2. The molecule has 9 heteroatoms. The van der Waals surface area contributed by atoms with Crippen LogP contribution in [0.5, 0.6) is 11.5 Å². The Balaban J connectivity index is 1.86. The minimum atomic E-state index is -1.03. The van der Waals surface area contributed by atoms with Crippen molar-refractivity contribution in [1.82, 2.24) is 15.2 Å². The molecule has 0 radical (unpaired) electrons. The van der Waals surface area contributed by atoms with E-state index in [0.29, 0.717) is 22.5 Å². The summed E-state index contributed by atoms with van der Waals surface area (Å²) >= 11 is 2.44. The van der Waals surface area contributed by atoms with E-state index in [9.17, 15) is 9.90 Å². The third kappa shape index (κ3) is 4.24. The van der Waals surface area contributed by atoms with E-state index in [1.807, 2.05) is 17.5 Å². The minimum Gasteiger partial charge on any atom is -0.497 e. The summed E-state index contributed by atoms with van der Waals surface area (Å²) in [5.74, 6) is 0.700. The van der Waals surface area contributed by atoms with Crippen LogP contribution in [-0.4, -0.2) is 40.5 Å². The van der Waals surface area contributed by atoms with Crippen LogP contribution in [0.1, 0.15) is 4.88 Å². The summed E-state index contributed by atoms with van der Waals surface area (Å²) in [5, 5.41) is 18.5. The molecule has 2 heterocycles. The highest BCUT2D eigenvalue weighted by Gasteiger charge is 2.15. The average Bonchev–Trinajstić information content (AvgIpc) is 3.32. The summed E-state index contributed by atoms with van der Waals surface area (Å²) in [6.07, 6.45) is 1.60. The normalized spacial score (nSPS) is 11.4. The van der Waals surface area contributed by atoms with Crippen LogP contribution in [0.25, 0.3) is 17.5 Å². The van der Waals surface area contributed by atoms with Gasteiger partial charge < -0.3 is 14.6 Å². The summed E-state index contributed by atoms with van der Waals surface area (Å²) in [7, 11) is 3.13. The minimum absolute atomic E-state index is 0.140. The SMILES string of the molecule is COc1cc(OC)cc(-c2nc(S/C(=C\c3cccs3)C(=O)O)n[nH]2)c1. The van der Waals surface area contributed by atoms with E-state index in [1.165, 1.54) is 11.3 Å². The van der Waals surface area contributed by atoms with Gasteiger partial charge in [-0.1, -0.05) is 6.07 Å². The standard InChI is InChI=1S/C17H15N3O4S2/c1-23-11-6-10(7-12(8-11)24-2)15-18-17(20-19-15)26-14(16(21)22)9-13-4-3-5-25-13/h3-9H,1-2H3,(H,21,22)(H,18,19,20)/b14-9-. The third-order valence-corrected chi connectivity index (χ3v) is 5.02. The number of methoxy groups -OCH3 is 2. The molecule has 0 spiro atoms. The zero-order valence-electron chi connectivity index (χ0n) is 13.9. The molecule has 0 aliphatic rings. The Hall–Kier alpha value is -2.78. The van der Waals surface area contributed by atoms with Crippen LogP contribution in [0.4, 0.5) is 0 Å². The van der Waals surface area contributed by atoms with Crippen molar-refractivity contribution in [2.24, 2.45) is 0 Å². The lowest BCUT2D eigenvalue weighted by Gasteiger charge is -2.06. The van der Waals surface area contributed by atoms with E-state index in [4.69, 9.17) is 9.47 Å². The van der Waals surface area contributed by atoms with E-state index >= 15 is 0 Å². The molecule has 26 heavy (non-hydrogen) atoms. The highest BCUT2D eigenvalue weighted by Crippen LogP contribution is 2.31. The molecule has 134 valence electrons. The first-order valence-corrected chi connectivity index (χ1v) is 9.11. The number of carboxylic acids is 1. The summed E-state index contributed by atoms with van der Waals surface area (Å²) in [6.45, 7) is 0. The first kappa shape index (κ1) is 18.0. The summed E-state index contributed by atoms with van der Waals surface area (Å²) in [5.41, 5.74) is 0.722. The van der Waals surface area contributed by atoms with Gasteiger partial charge in [0.1, 0.15) is 16.4 Å². The number of carbonyl (C=O) groups is 1. The molecule has 0 amide bonds. The number of H-pyrrole nitrogens is 1. The smallest absolute Gasteiger partial charge is 0.342 e. The Morgan fingerprint density at radius 1 is 1.27 bits per heavy atom. The quantitative estimate of drug-likeness (QED) is 0.469. The number of rotatable bonds is 7.